The van der Waals surface area contributed by atoms with Gasteiger partial charge in [0.25, 0.3) is 0 Å². The number of nitriles is 1. The number of aromatic hydroxyl groups is 1. The highest BCUT2D eigenvalue weighted by molar-refractivity contribution is 8.00. The molecule has 0 radical (unpaired) electrons. The average molecular weight is 383 g/mol. The third kappa shape index (κ3) is 3.80. The van der Waals surface area contributed by atoms with Gasteiger partial charge in [-0.1, -0.05) is 11.8 Å². The van der Waals surface area contributed by atoms with Crippen LogP contribution in [-0.2, 0) is 4.79 Å². The van der Waals surface area contributed by atoms with E-state index in [0.29, 0.717) is 38.9 Å². The number of aromatic amines is 1. The van der Waals surface area contributed by atoms with Crippen LogP contribution in [0.2, 0.25) is 0 Å². The fourth-order valence-electron chi connectivity index (χ4n) is 2.48. The highest BCUT2D eigenvalue weighted by atomic mass is 32.2. The second-order valence-electron chi connectivity index (χ2n) is 5.78. The van der Waals surface area contributed by atoms with Gasteiger partial charge in [-0.15, -0.1) is 0 Å². The van der Waals surface area contributed by atoms with E-state index in [1.54, 1.807) is 32.2 Å². The standard InChI is InChI=1S/C18H17N5O3S/c1-9-12(7-19)20-8-13-16(9)23-18(22-13)27-10(2)17(25)21-11-4-5-15(26-3)14(24)6-11/h4-6,8,10,24H,1-3H3,(H,21,25)(H,22,23). The van der Waals surface area contributed by atoms with Crippen LogP contribution in [0.25, 0.3) is 11.0 Å². The van der Waals surface area contributed by atoms with Gasteiger partial charge in [-0.25, -0.2) is 9.97 Å². The molecule has 1 aromatic carbocycles. The van der Waals surface area contributed by atoms with Gasteiger partial charge in [0.2, 0.25) is 5.91 Å². The number of methoxy groups -OCH3 is 1. The number of hydrogen-bond acceptors (Lipinski definition) is 7. The summed E-state index contributed by atoms with van der Waals surface area (Å²) in [5.41, 5.74) is 2.87. The number of benzene rings is 1. The van der Waals surface area contributed by atoms with E-state index in [-0.39, 0.29) is 11.7 Å². The fourth-order valence-corrected chi connectivity index (χ4v) is 3.30. The largest absolute Gasteiger partial charge is 0.504 e. The van der Waals surface area contributed by atoms with Crippen molar-refractivity contribution in [3.8, 4) is 17.6 Å². The third-order valence-corrected chi connectivity index (χ3v) is 4.94. The zero-order chi connectivity index (χ0) is 19.6. The minimum absolute atomic E-state index is 0.0517. The lowest BCUT2D eigenvalue weighted by molar-refractivity contribution is -0.115. The number of phenolic OH excluding ortho intramolecular Hbond substituents is 1. The summed E-state index contributed by atoms with van der Waals surface area (Å²) in [5.74, 6) is 0.0418. The first-order valence-electron chi connectivity index (χ1n) is 8.03. The van der Waals surface area contributed by atoms with Gasteiger partial charge >= 0.3 is 0 Å². The van der Waals surface area contributed by atoms with Crippen molar-refractivity contribution in [2.75, 3.05) is 12.4 Å². The van der Waals surface area contributed by atoms with Crippen molar-refractivity contribution in [1.82, 2.24) is 15.0 Å². The molecule has 0 fully saturated rings. The Labute approximate surface area is 159 Å². The molecule has 27 heavy (non-hydrogen) atoms. The van der Waals surface area contributed by atoms with Crippen LogP contribution >= 0.6 is 11.8 Å². The van der Waals surface area contributed by atoms with Crippen LogP contribution in [0.15, 0.2) is 29.6 Å². The van der Waals surface area contributed by atoms with E-state index in [1.807, 2.05) is 6.07 Å². The van der Waals surface area contributed by atoms with Crippen LogP contribution < -0.4 is 10.1 Å². The van der Waals surface area contributed by atoms with E-state index in [9.17, 15) is 9.90 Å². The number of aryl methyl sites for hydroxylation is 1. The van der Waals surface area contributed by atoms with Gasteiger partial charge in [0.1, 0.15) is 11.8 Å². The highest BCUT2D eigenvalue weighted by Gasteiger charge is 2.18. The van der Waals surface area contributed by atoms with E-state index < -0.39 is 5.25 Å². The van der Waals surface area contributed by atoms with Gasteiger partial charge in [0.15, 0.2) is 16.7 Å². The molecule has 1 atom stereocenters. The molecule has 8 nitrogen and oxygen atoms in total. The van der Waals surface area contributed by atoms with E-state index in [1.165, 1.54) is 24.9 Å². The second kappa shape index (κ2) is 7.55. The van der Waals surface area contributed by atoms with Crippen molar-refractivity contribution < 1.29 is 14.6 Å². The molecule has 0 saturated heterocycles. The maximum absolute atomic E-state index is 12.4. The Balaban J connectivity index is 1.73. The number of carbonyl (C=O) groups excluding carboxylic acids is 1. The Morgan fingerprint density at radius 1 is 1.48 bits per heavy atom. The molecular formula is C18H17N5O3S. The smallest absolute Gasteiger partial charge is 0.237 e. The molecule has 1 amide bonds. The predicted molar refractivity (Wildman–Crippen MR) is 102 cm³/mol. The number of H-pyrrole nitrogens is 1. The molecule has 0 bridgehead atoms. The number of ether oxygens (including phenoxy) is 1. The predicted octanol–water partition coefficient (Wildman–Crippen LogP) is 2.97. The summed E-state index contributed by atoms with van der Waals surface area (Å²) >= 11 is 1.25. The maximum Gasteiger partial charge on any atom is 0.237 e. The topological polar surface area (TPSA) is 124 Å². The number of imidazole rings is 1. The Hall–Kier alpha value is -3.25. The Morgan fingerprint density at radius 2 is 2.26 bits per heavy atom. The van der Waals surface area contributed by atoms with Crippen molar-refractivity contribution in [3.63, 3.8) is 0 Å². The summed E-state index contributed by atoms with van der Waals surface area (Å²) in [6.07, 6.45) is 1.56. The molecule has 2 aromatic heterocycles. The van der Waals surface area contributed by atoms with Gasteiger partial charge in [-0.05, 0) is 26.0 Å². The maximum atomic E-state index is 12.4. The normalized spacial score (nSPS) is 11.8. The first kappa shape index (κ1) is 18.5. The fraction of sp³-hybridized carbons (Fsp3) is 0.222. The molecule has 2 heterocycles. The van der Waals surface area contributed by atoms with Crippen LogP contribution in [-0.4, -0.2) is 38.3 Å². The molecule has 3 N–H and O–H groups in total. The second-order valence-corrected chi connectivity index (χ2v) is 7.11. The molecule has 9 heteroatoms. The number of aromatic nitrogens is 3. The number of hydrogen-bond donors (Lipinski definition) is 3. The van der Waals surface area contributed by atoms with Crippen LogP contribution in [0.4, 0.5) is 5.69 Å². The molecule has 0 saturated carbocycles. The van der Waals surface area contributed by atoms with Crippen molar-refractivity contribution in [2.45, 2.75) is 24.3 Å². The van der Waals surface area contributed by atoms with Crippen molar-refractivity contribution in [1.29, 1.82) is 5.26 Å². The number of fused-ring (bicyclic) bond motifs is 1. The third-order valence-electron chi connectivity index (χ3n) is 3.95. The molecule has 138 valence electrons. The first-order chi connectivity index (χ1) is 12.9. The van der Waals surface area contributed by atoms with Crippen molar-refractivity contribution in [3.05, 3.63) is 35.7 Å². The lowest BCUT2D eigenvalue weighted by Gasteiger charge is -2.11. The van der Waals surface area contributed by atoms with Crippen LogP contribution in [0.3, 0.4) is 0 Å². The lowest BCUT2D eigenvalue weighted by atomic mass is 10.2. The molecule has 3 aromatic rings. The number of phenols is 1. The zero-order valence-electron chi connectivity index (χ0n) is 14.9. The Morgan fingerprint density at radius 3 is 2.93 bits per heavy atom. The van der Waals surface area contributed by atoms with E-state index in [4.69, 9.17) is 10.00 Å². The summed E-state index contributed by atoms with van der Waals surface area (Å²) in [4.78, 5) is 24.1. The van der Waals surface area contributed by atoms with Crippen LogP contribution in [0, 0.1) is 18.3 Å². The average Bonchev–Trinajstić information content (AvgIpc) is 3.05. The van der Waals surface area contributed by atoms with E-state index >= 15 is 0 Å². The first-order valence-corrected chi connectivity index (χ1v) is 8.90. The summed E-state index contributed by atoms with van der Waals surface area (Å²) in [7, 11) is 1.45. The SMILES string of the molecule is COc1ccc(NC(=O)C(C)Sc2nc3c(C)c(C#N)ncc3[nH]2)cc1O. The number of thioether (sulfide) groups is 1. The Kier molecular flexibility index (Phi) is 5.19. The Bertz CT molecular complexity index is 1060. The van der Waals surface area contributed by atoms with Crippen LogP contribution in [0.5, 0.6) is 11.5 Å². The highest BCUT2D eigenvalue weighted by Crippen LogP contribution is 2.30. The lowest BCUT2D eigenvalue weighted by Crippen LogP contribution is -2.22. The minimum atomic E-state index is -0.446. The molecule has 0 spiro atoms. The molecule has 1 unspecified atom stereocenters. The quantitative estimate of drug-likeness (QED) is 0.579. The zero-order valence-corrected chi connectivity index (χ0v) is 15.7. The van der Waals surface area contributed by atoms with Gasteiger partial charge in [0.05, 0.1) is 29.6 Å². The van der Waals surface area contributed by atoms with Gasteiger partial charge < -0.3 is 20.1 Å². The summed E-state index contributed by atoms with van der Waals surface area (Å²) in [6, 6.07) is 6.67. The number of rotatable bonds is 5. The van der Waals surface area contributed by atoms with Gasteiger partial charge in [-0.2, -0.15) is 5.26 Å². The number of nitrogens with one attached hydrogen (secondary N) is 2. The molecule has 3 rings (SSSR count). The van der Waals surface area contributed by atoms with Gasteiger partial charge in [-0.3, -0.25) is 4.79 Å². The van der Waals surface area contributed by atoms with Gasteiger partial charge in [0, 0.05) is 17.3 Å². The minimum Gasteiger partial charge on any atom is -0.504 e. The van der Waals surface area contributed by atoms with E-state index in [0.717, 1.165) is 0 Å². The number of nitrogens with zero attached hydrogens (tertiary/aromatic N) is 3. The summed E-state index contributed by atoms with van der Waals surface area (Å²) in [6.45, 7) is 3.54. The molecule has 0 aliphatic heterocycles. The number of pyridine rings is 1. The van der Waals surface area contributed by atoms with Crippen molar-refractivity contribution in [2.24, 2.45) is 0 Å². The molecular weight excluding hydrogens is 366 g/mol. The summed E-state index contributed by atoms with van der Waals surface area (Å²) < 4.78 is 4.98. The molecule has 0 aliphatic carbocycles. The monoisotopic (exact) mass is 383 g/mol. The van der Waals surface area contributed by atoms with E-state index in [2.05, 4.69) is 20.3 Å². The number of anilines is 1. The number of carbonyl (C=O) groups is 1. The van der Waals surface area contributed by atoms with Crippen LogP contribution in [0.1, 0.15) is 18.2 Å². The molecule has 0 aliphatic rings. The summed E-state index contributed by atoms with van der Waals surface area (Å²) in [5, 5.41) is 21.7. The number of amides is 1. The van der Waals surface area contributed by atoms with Crippen molar-refractivity contribution >= 4 is 34.4 Å².